The molecule has 4 nitrogen and oxygen atoms in total. The van der Waals surface area contributed by atoms with E-state index in [2.05, 4.69) is 12.2 Å². The molecule has 0 N–H and O–H groups in total. The average molecular weight is 420 g/mol. The highest BCUT2D eigenvalue weighted by atomic mass is 16.6. The minimum atomic E-state index is -1.43. The van der Waals surface area contributed by atoms with Crippen LogP contribution in [0.15, 0.2) is 103 Å². The van der Waals surface area contributed by atoms with Crippen LogP contribution in [0.5, 0.6) is 11.5 Å². The summed E-state index contributed by atoms with van der Waals surface area (Å²) in [7, 11) is 0. The Labute approximate surface area is 185 Å². The number of hydrogen-bond donors (Lipinski definition) is 0. The summed E-state index contributed by atoms with van der Waals surface area (Å²) in [6, 6.07) is 24.2. The molecule has 3 aromatic rings. The van der Waals surface area contributed by atoms with Crippen molar-refractivity contribution in [3.8, 4) is 11.5 Å². The van der Waals surface area contributed by atoms with Gasteiger partial charge in [-0.15, -0.1) is 0 Å². The summed E-state index contributed by atoms with van der Waals surface area (Å²) in [5.74, 6) is 0.00981. The highest BCUT2D eigenvalue weighted by Crippen LogP contribution is 2.63. The van der Waals surface area contributed by atoms with Crippen molar-refractivity contribution >= 4 is 11.9 Å². The van der Waals surface area contributed by atoms with Gasteiger partial charge in [0.05, 0.1) is 0 Å². The Bertz CT molecular complexity index is 1320. The number of rotatable bonds is 3. The molecule has 0 bridgehead atoms. The van der Waals surface area contributed by atoms with Crippen molar-refractivity contribution in [2.75, 3.05) is 0 Å². The average Bonchev–Trinajstić information content (AvgIpc) is 3.31. The van der Waals surface area contributed by atoms with Crippen LogP contribution in [-0.2, 0) is 20.4 Å². The van der Waals surface area contributed by atoms with Gasteiger partial charge in [0.2, 0.25) is 0 Å². The van der Waals surface area contributed by atoms with Crippen LogP contribution in [0.25, 0.3) is 0 Å². The van der Waals surface area contributed by atoms with Gasteiger partial charge in [-0.3, -0.25) is 9.59 Å². The van der Waals surface area contributed by atoms with E-state index in [0.29, 0.717) is 28.2 Å². The molecule has 3 aliphatic rings. The van der Waals surface area contributed by atoms with E-state index in [1.165, 1.54) is 0 Å². The third-order valence-electron chi connectivity index (χ3n) is 6.80. The van der Waals surface area contributed by atoms with Crippen LogP contribution in [0.4, 0.5) is 0 Å². The molecule has 0 aromatic heterocycles. The molecule has 0 radical (unpaired) electrons. The fourth-order valence-electron chi connectivity index (χ4n) is 5.57. The summed E-state index contributed by atoms with van der Waals surface area (Å²) < 4.78 is 11.7. The van der Waals surface area contributed by atoms with Gasteiger partial charge in [0.25, 0.3) is 0 Å². The molecule has 0 amide bonds. The molecule has 1 aliphatic carbocycles. The predicted molar refractivity (Wildman–Crippen MR) is 120 cm³/mol. The van der Waals surface area contributed by atoms with Crippen LogP contribution in [0.2, 0.25) is 0 Å². The molecule has 2 atom stereocenters. The molecule has 0 spiro atoms. The number of fused-ring (bicyclic) bond motifs is 2. The fraction of sp³-hybridized carbons (Fsp3) is 0.143. The number of carbonyl (C=O) groups excluding carboxylic acids is 2. The largest absolute Gasteiger partial charge is 0.425 e. The number of carbonyl (C=O) groups is 2. The van der Waals surface area contributed by atoms with Gasteiger partial charge in [0, 0.05) is 11.1 Å². The fourth-order valence-corrected chi connectivity index (χ4v) is 5.57. The highest BCUT2D eigenvalue weighted by Gasteiger charge is 2.72. The molecule has 1 unspecified atom stereocenters. The van der Waals surface area contributed by atoms with Crippen LogP contribution in [0, 0.1) is 0 Å². The normalized spacial score (nSPS) is 25.6. The summed E-state index contributed by atoms with van der Waals surface area (Å²) in [6.07, 6.45) is 7.74. The molecule has 3 aromatic carbocycles. The second-order valence-corrected chi connectivity index (χ2v) is 8.28. The maximum atomic E-state index is 14.1. The molecule has 156 valence electrons. The summed E-state index contributed by atoms with van der Waals surface area (Å²) in [4.78, 5) is 28.1. The van der Waals surface area contributed by atoms with Gasteiger partial charge in [0.1, 0.15) is 22.3 Å². The van der Waals surface area contributed by atoms with Gasteiger partial charge in [-0.05, 0) is 36.1 Å². The molecular formula is C28H20O4. The topological polar surface area (TPSA) is 52.6 Å². The quantitative estimate of drug-likeness (QED) is 0.441. The zero-order chi connectivity index (χ0) is 21.8. The summed E-state index contributed by atoms with van der Waals surface area (Å²) in [6.45, 7) is 0. The number of allylic oxidation sites excluding steroid dienone is 3. The van der Waals surface area contributed by atoms with Gasteiger partial charge >= 0.3 is 11.9 Å². The van der Waals surface area contributed by atoms with Gasteiger partial charge < -0.3 is 9.47 Å². The molecular weight excluding hydrogens is 400 g/mol. The number of para-hydroxylation sites is 2. The third kappa shape index (κ3) is 2.16. The molecule has 2 aliphatic heterocycles. The van der Waals surface area contributed by atoms with Gasteiger partial charge in [-0.25, -0.2) is 0 Å². The minimum absolute atomic E-state index is 0.464. The lowest BCUT2D eigenvalue weighted by Gasteiger charge is -2.43. The molecule has 6 rings (SSSR count). The molecule has 0 saturated carbocycles. The Morgan fingerprint density at radius 1 is 0.625 bits per heavy atom. The minimum Gasteiger partial charge on any atom is -0.425 e. The molecule has 0 fully saturated rings. The van der Waals surface area contributed by atoms with E-state index in [0.717, 1.165) is 18.4 Å². The standard InChI is InChI=1S/C28H20O4/c29-25-27(19-11-3-1-4-12-19,21-15-7-9-17-23(21)31-25)28(20-13-5-2-6-14-20)22-16-8-10-18-24(22)32-26(28)30/h1,3-5,7-18H,2,6H2/t27-,28?/m1/s1. The Kier molecular flexibility index (Phi) is 3.99. The van der Waals surface area contributed by atoms with Crippen molar-refractivity contribution in [3.63, 3.8) is 0 Å². The molecule has 2 heterocycles. The Morgan fingerprint density at radius 3 is 1.81 bits per heavy atom. The zero-order valence-corrected chi connectivity index (χ0v) is 17.3. The smallest absolute Gasteiger partial charge is 0.328 e. The third-order valence-corrected chi connectivity index (χ3v) is 6.80. The van der Waals surface area contributed by atoms with Crippen molar-refractivity contribution in [2.45, 2.75) is 23.7 Å². The maximum absolute atomic E-state index is 14.1. The monoisotopic (exact) mass is 420 g/mol. The van der Waals surface area contributed by atoms with Crippen LogP contribution in [0.3, 0.4) is 0 Å². The first kappa shape index (κ1) is 18.8. The van der Waals surface area contributed by atoms with Gasteiger partial charge in [-0.2, -0.15) is 0 Å². The van der Waals surface area contributed by atoms with E-state index < -0.39 is 22.8 Å². The lowest BCUT2D eigenvalue weighted by molar-refractivity contribution is -0.147. The molecule has 32 heavy (non-hydrogen) atoms. The summed E-state index contributed by atoms with van der Waals surface area (Å²) in [5.41, 5.74) is -0.0298. The van der Waals surface area contributed by atoms with E-state index >= 15 is 0 Å². The number of hydrogen-bond acceptors (Lipinski definition) is 4. The van der Waals surface area contributed by atoms with Crippen molar-refractivity contribution in [2.24, 2.45) is 0 Å². The summed E-state index contributed by atoms with van der Waals surface area (Å²) in [5, 5.41) is 0. The van der Waals surface area contributed by atoms with Crippen LogP contribution >= 0.6 is 0 Å². The van der Waals surface area contributed by atoms with Crippen LogP contribution in [-0.4, -0.2) is 11.9 Å². The lowest BCUT2D eigenvalue weighted by Crippen LogP contribution is -2.58. The Hall–Kier alpha value is -3.92. The maximum Gasteiger partial charge on any atom is 0.328 e. The number of esters is 2. The van der Waals surface area contributed by atoms with Gasteiger partial charge in [-0.1, -0.05) is 85.0 Å². The number of benzene rings is 3. The van der Waals surface area contributed by atoms with Crippen molar-refractivity contribution in [1.82, 2.24) is 0 Å². The van der Waals surface area contributed by atoms with E-state index in [1.54, 1.807) is 12.1 Å². The Balaban J connectivity index is 1.82. The second-order valence-electron chi connectivity index (χ2n) is 8.28. The van der Waals surface area contributed by atoms with E-state index in [1.807, 2.05) is 72.8 Å². The predicted octanol–water partition coefficient (Wildman–Crippen LogP) is 5.03. The summed E-state index contributed by atoms with van der Waals surface area (Å²) >= 11 is 0. The van der Waals surface area contributed by atoms with E-state index in [-0.39, 0.29) is 0 Å². The van der Waals surface area contributed by atoms with E-state index in [9.17, 15) is 9.59 Å². The first-order valence-corrected chi connectivity index (χ1v) is 10.8. The van der Waals surface area contributed by atoms with Crippen molar-refractivity contribution < 1.29 is 19.1 Å². The first-order valence-electron chi connectivity index (χ1n) is 10.8. The molecule has 4 heteroatoms. The second kappa shape index (κ2) is 6.79. The van der Waals surface area contributed by atoms with Gasteiger partial charge in [0.15, 0.2) is 0 Å². The highest BCUT2D eigenvalue weighted by molar-refractivity contribution is 6.09. The Morgan fingerprint density at radius 2 is 1.19 bits per heavy atom. The van der Waals surface area contributed by atoms with Crippen LogP contribution in [0.1, 0.15) is 29.5 Å². The van der Waals surface area contributed by atoms with Crippen molar-refractivity contribution in [3.05, 3.63) is 119 Å². The lowest BCUT2D eigenvalue weighted by atomic mass is 9.51. The van der Waals surface area contributed by atoms with Crippen molar-refractivity contribution in [1.29, 1.82) is 0 Å². The zero-order valence-electron chi connectivity index (χ0n) is 17.3. The van der Waals surface area contributed by atoms with E-state index in [4.69, 9.17) is 9.47 Å². The first-order chi connectivity index (χ1) is 15.7. The molecule has 0 saturated heterocycles. The SMILES string of the molecule is O=C1Oc2ccccc2C1(C1=CCCC=C1)[C@@]1(c2ccccc2)C(=O)Oc2ccccc21. The van der Waals surface area contributed by atoms with Crippen LogP contribution < -0.4 is 9.47 Å². The number of ether oxygens (including phenoxy) is 2.